The largest absolute Gasteiger partial charge is 0.455 e. The second-order valence-corrected chi connectivity index (χ2v) is 13.1. The zero-order valence-corrected chi connectivity index (χ0v) is 26.9. The van der Waals surface area contributed by atoms with E-state index in [2.05, 4.69) is 68.9 Å². The van der Waals surface area contributed by atoms with Crippen LogP contribution in [0.3, 0.4) is 0 Å². The van der Waals surface area contributed by atoms with Gasteiger partial charge in [0.25, 0.3) is 0 Å². The number of ketones is 1. The Labute approximate surface area is 229 Å². The van der Waals surface area contributed by atoms with Crippen molar-refractivity contribution in [2.24, 2.45) is 16.2 Å². The first-order valence-electron chi connectivity index (χ1n) is 14.5. The van der Waals surface area contributed by atoms with Gasteiger partial charge >= 0.3 is 5.97 Å². The highest BCUT2D eigenvalue weighted by Gasteiger charge is 2.53. The fourth-order valence-electron chi connectivity index (χ4n) is 6.02. The molecule has 0 aliphatic heterocycles. The van der Waals surface area contributed by atoms with E-state index >= 15 is 0 Å². The molecule has 5 heteroatoms. The second kappa shape index (κ2) is 13.2. The van der Waals surface area contributed by atoms with E-state index in [0.29, 0.717) is 38.7 Å². The van der Waals surface area contributed by atoms with E-state index < -0.39 is 34.3 Å². The normalized spacial score (nSPS) is 16.2. The van der Waals surface area contributed by atoms with Crippen molar-refractivity contribution < 1.29 is 23.8 Å². The van der Waals surface area contributed by atoms with Gasteiger partial charge in [-0.1, -0.05) is 75.8 Å². The smallest absolute Gasteiger partial charge is 0.330 e. The van der Waals surface area contributed by atoms with Gasteiger partial charge in [-0.25, -0.2) is 4.79 Å². The van der Waals surface area contributed by atoms with Gasteiger partial charge in [0.2, 0.25) is 0 Å². The van der Waals surface area contributed by atoms with Crippen LogP contribution >= 0.6 is 0 Å². The van der Waals surface area contributed by atoms with Crippen LogP contribution in [0.15, 0.2) is 12.7 Å². The summed E-state index contributed by atoms with van der Waals surface area (Å²) in [5.74, 6) is -0.301. The number of hydrogen-bond donors (Lipinski definition) is 0. The van der Waals surface area contributed by atoms with Crippen LogP contribution in [0.2, 0.25) is 0 Å². The molecule has 2 unspecified atom stereocenters. The molecule has 0 fully saturated rings. The van der Waals surface area contributed by atoms with Crippen LogP contribution in [0.1, 0.15) is 135 Å². The minimum atomic E-state index is -0.704. The Morgan fingerprint density at radius 2 is 1.30 bits per heavy atom. The van der Waals surface area contributed by atoms with E-state index in [0.717, 1.165) is 6.42 Å². The van der Waals surface area contributed by atoms with Crippen molar-refractivity contribution in [3.05, 3.63) is 12.7 Å². The predicted octanol–water partition coefficient (Wildman–Crippen LogP) is 8.48. The van der Waals surface area contributed by atoms with Crippen LogP contribution < -0.4 is 0 Å². The first kappa shape index (κ1) is 35.8. The Kier molecular flexibility index (Phi) is 12.8. The first-order valence-corrected chi connectivity index (χ1v) is 14.5. The minimum absolute atomic E-state index is 0.0991. The van der Waals surface area contributed by atoms with E-state index in [-0.39, 0.29) is 16.6 Å². The maximum atomic E-state index is 14.1. The SMILES string of the molecule is C=CC(=O)OC(CC)(CC)C(C)(C)CCOC(C)(C)C(CC)(CC)C(=O)C(C)OC(C)(CC)C(C)(C)C. The lowest BCUT2D eigenvalue weighted by Gasteiger charge is -2.49. The molecule has 0 aromatic heterocycles. The van der Waals surface area contributed by atoms with Crippen molar-refractivity contribution >= 4 is 11.8 Å². The van der Waals surface area contributed by atoms with Gasteiger partial charge in [0.05, 0.1) is 16.6 Å². The van der Waals surface area contributed by atoms with Gasteiger partial charge in [-0.3, -0.25) is 4.79 Å². The molecule has 0 rings (SSSR count). The summed E-state index contributed by atoms with van der Waals surface area (Å²) in [5, 5.41) is 0. The van der Waals surface area contributed by atoms with Crippen LogP contribution in [0, 0.1) is 16.2 Å². The summed E-state index contributed by atoms with van der Waals surface area (Å²) in [5.41, 5.74) is -2.86. The summed E-state index contributed by atoms with van der Waals surface area (Å²) in [4.78, 5) is 26.2. The first-order chi connectivity index (χ1) is 16.8. The topological polar surface area (TPSA) is 61.8 Å². The van der Waals surface area contributed by atoms with Gasteiger partial charge in [0.1, 0.15) is 11.7 Å². The molecular weight excluding hydrogens is 464 g/mol. The van der Waals surface area contributed by atoms with Gasteiger partial charge in [-0.15, -0.1) is 0 Å². The van der Waals surface area contributed by atoms with E-state index in [1.165, 1.54) is 6.08 Å². The second-order valence-electron chi connectivity index (χ2n) is 13.1. The predicted molar refractivity (Wildman–Crippen MR) is 155 cm³/mol. The fourth-order valence-corrected chi connectivity index (χ4v) is 6.02. The molecule has 0 aliphatic carbocycles. The molecule has 0 spiro atoms. The number of Topliss-reactive ketones (excluding diaryl/α,β-unsaturated/α-hetero) is 1. The Morgan fingerprint density at radius 3 is 1.65 bits per heavy atom. The summed E-state index contributed by atoms with van der Waals surface area (Å²) in [6, 6.07) is 0. The minimum Gasteiger partial charge on any atom is -0.455 e. The quantitative estimate of drug-likeness (QED) is 0.141. The lowest BCUT2D eigenvalue weighted by molar-refractivity contribution is -0.190. The van der Waals surface area contributed by atoms with E-state index in [1.54, 1.807) is 0 Å². The molecule has 0 aromatic rings. The molecule has 0 radical (unpaired) electrons. The van der Waals surface area contributed by atoms with Crippen molar-refractivity contribution in [3.8, 4) is 0 Å². The third kappa shape index (κ3) is 7.47. The van der Waals surface area contributed by atoms with Crippen LogP contribution in [-0.4, -0.2) is 41.3 Å². The molecule has 0 saturated carbocycles. The lowest BCUT2D eigenvalue weighted by Crippen LogP contribution is -2.56. The molecule has 37 heavy (non-hydrogen) atoms. The lowest BCUT2D eigenvalue weighted by atomic mass is 9.65. The molecular formula is C32H60O5. The summed E-state index contributed by atoms with van der Waals surface area (Å²) < 4.78 is 19.0. The molecule has 0 amide bonds. The van der Waals surface area contributed by atoms with Crippen LogP contribution in [0.5, 0.6) is 0 Å². The number of esters is 1. The average Bonchev–Trinajstić information content (AvgIpc) is 2.81. The third-order valence-corrected chi connectivity index (χ3v) is 9.93. The molecule has 0 aliphatic rings. The summed E-state index contributed by atoms with van der Waals surface area (Å²) in [6.45, 7) is 33.2. The van der Waals surface area contributed by atoms with Crippen molar-refractivity contribution in [1.29, 1.82) is 0 Å². The molecule has 5 nitrogen and oxygen atoms in total. The van der Waals surface area contributed by atoms with Crippen LogP contribution in [-0.2, 0) is 23.8 Å². The van der Waals surface area contributed by atoms with E-state index in [1.807, 2.05) is 34.6 Å². The molecule has 0 saturated heterocycles. The zero-order chi connectivity index (χ0) is 29.5. The number of rotatable bonds is 17. The Balaban J connectivity index is 5.92. The van der Waals surface area contributed by atoms with Crippen molar-refractivity contribution in [3.63, 3.8) is 0 Å². The highest BCUT2D eigenvalue weighted by atomic mass is 16.6. The monoisotopic (exact) mass is 524 g/mol. The molecule has 0 bridgehead atoms. The van der Waals surface area contributed by atoms with Crippen LogP contribution in [0.25, 0.3) is 0 Å². The molecule has 2 atom stereocenters. The summed E-state index contributed by atoms with van der Waals surface area (Å²) >= 11 is 0. The van der Waals surface area contributed by atoms with Gasteiger partial charge in [-0.05, 0) is 71.6 Å². The average molecular weight is 525 g/mol. The maximum absolute atomic E-state index is 14.1. The Bertz CT molecular complexity index is 750. The standard InChI is InChI=1S/C32H60O5/c1-16-25(33)37-32(20-5,21-6)28(11,12)22-23-35-29(13,14)31(18-3,19-4)26(34)24(7)36-30(15,17-2)27(8,9)10/h16,24H,1,17-23H2,2-15H3. The van der Waals surface area contributed by atoms with Crippen molar-refractivity contribution in [2.75, 3.05) is 6.61 Å². The van der Waals surface area contributed by atoms with Gasteiger partial charge in [0, 0.05) is 18.1 Å². The van der Waals surface area contributed by atoms with E-state index in [9.17, 15) is 9.59 Å². The van der Waals surface area contributed by atoms with Crippen LogP contribution in [0.4, 0.5) is 0 Å². The van der Waals surface area contributed by atoms with Gasteiger partial charge in [-0.2, -0.15) is 0 Å². The maximum Gasteiger partial charge on any atom is 0.330 e. The number of carbonyl (C=O) groups excluding carboxylic acids is 2. The zero-order valence-electron chi connectivity index (χ0n) is 26.9. The molecule has 0 aromatic carbocycles. The summed E-state index contributed by atoms with van der Waals surface area (Å²) in [6.07, 6.45) is 4.91. The molecule has 0 heterocycles. The number of ether oxygens (including phenoxy) is 3. The van der Waals surface area contributed by atoms with Crippen molar-refractivity contribution in [2.45, 2.75) is 158 Å². The van der Waals surface area contributed by atoms with Gasteiger partial charge in [0.15, 0.2) is 5.78 Å². The Hall–Kier alpha value is -1.20. The highest BCUT2D eigenvalue weighted by molar-refractivity contribution is 5.89. The fraction of sp³-hybridized carbons (Fsp3) is 0.875. The van der Waals surface area contributed by atoms with E-state index in [4.69, 9.17) is 14.2 Å². The number of carbonyl (C=O) groups is 2. The van der Waals surface area contributed by atoms with Gasteiger partial charge < -0.3 is 14.2 Å². The number of hydrogen-bond acceptors (Lipinski definition) is 5. The molecule has 0 N–H and O–H groups in total. The molecule has 218 valence electrons. The summed E-state index contributed by atoms with van der Waals surface area (Å²) in [7, 11) is 0. The van der Waals surface area contributed by atoms with Crippen molar-refractivity contribution in [1.82, 2.24) is 0 Å². The highest BCUT2D eigenvalue weighted by Crippen LogP contribution is 2.47. The Morgan fingerprint density at radius 1 is 0.811 bits per heavy atom. The third-order valence-electron chi connectivity index (χ3n) is 9.93.